The molecule has 5 heteroatoms. The van der Waals surface area contributed by atoms with Crippen LogP contribution in [0, 0.1) is 0 Å². The summed E-state index contributed by atoms with van der Waals surface area (Å²) in [5.74, 6) is 0.623. The fraction of sp³-hybridized carbons (Fsp3) is 0.615. The SMILES string of the molecule is CCN(C(=O)c1cncc(NC)n1)C1CCCC1. The van der Waals surface area contributed by atoms with Crippen molar-refractivity contribution in [2.45, 2.75) is 38.6 Å². The predicted molar refractivity (Wildman–Crippen MR) is 70.5 cm³/mol. The van der Waals surface area contributed by atoms with Gasteiger partial charge in [0.1, 0.15) is 11.5 Å². The maximum absolute atomic E-state index is 12.4. The molecule has 5 nitrogen and oxygen atoms in total. The summed E-state index contributed by atoms with van der Waals surface area (Å²) in [7, 11) is 1.77. The molecule has 2 rings (SSSR count). The first kappa shape index (κ1) is 12.8. The van der Waals surface area contributed by atoms with Crippen molar-refractivity contribution >= 4 is 11.7 Å². The molecule has 1 aromatic heterocycles. The van der Waals surface area contributed by atoms with Gasteiger partial charge in [0.25, 0.3) is 5.91 Å². The molecular formula is C13H20N4O. The molecule has 1 fully saturated rings. The van der Waals surface area contributed by atoms with Crippen molar-refractivity contribution in [2.75, 3.05) is 18.9 Å². The standard InChI is InChI=1S/C13H20N4O/c1-3-17(10-6-4-5-7-10)13(18)11-8-15-9-12(14-2)16-11/h8-10H,3-7H2,1-2H3,(H,14,16). The van der Waals surface area contributed by atoms with Crippen molar-refractivity contribution in [3.8, 4) is 0 Å². The lowest BCUT2D eigenvalue weighted by Crippen LogP contribution is -2.39. The number of hydrogen-bond acceptors (Lipinski definition) is 4. The van der Waals surface area contributed by atoms with Gasteiger partial charge in [-0.2, -0.15) is 0 Å². The Balaban J connectivity index is 2.16. The zero-order valence-electron chi connectivity index (χ0n) is 11.0. The first-order valence-electron chi connectivity index (χ1n) is 6.57. The molecule has 1 heterocycles. The average molecular weight is 248 g/mol. The van der Waals surface area contributed by atoms with Gasteiger partial charge in [-0.25, -0.2) is 4.98 Å². The predicted octanol–water partition coefficient (Wildman–Crippen LogP) is 1.92. The minimum Gasteiger partial charge on any atom is -0.372 e. The highest BCUT2D eigenvalue weighted by atomic mass is 16.2. The van der Waals surface area contributed by atoms with Crippen molar-refractivity contribution in [2.24, 2.45) is 0 Å². The summed E-state index contributed by atoms with van der Waals surface area (Å²) in [4.78, 5) is 22.7. The first-order valence-corrected chi connectivity index (χ1v) is 6.57. The molecule has 0 spiro atoms. The van der Waals surface area contributed by atoms with Gasteiger partial charge in [0, 0.05) is 19.6 Å². The monoisotopic (exact) mass is 248 g/mol. The molecule has 1 amide bonds. The number of nitrogens with zero attached hydrogens (tertiary/aromatic N) is 3. The lowest BCUT2D eigenvalue weighted by atomic mass is 10.2. The second kappa shape index (κ2) is 5.80. The number of hydrogen-bond donors (Lipinski definition) is 1. The van der Waals surface area contributed by atoms with E-state index >= 15 is 0 Å². The molecule has 1 saturated carbocycles. The summed E-state index contributed by atoms with van der Waals surface area (Å²) < 4.78 is 0. The Bertz CT molecular complexity index is 415. The fourth-order valence-electron chi connectivity index (χ4n) is 2.52. The van der Waals surface area contributed by atoms with Crippen LogP contribution >= 0.6 is 0 Å². The molecule has 0 unspecified atom stereocenters. The Morgan fingerprint density at radius 1 is 1.44 bits per heavy atom. The van der Waals surface area contributed by atoms with Crippen molar-refractivity contribution in [3.63, 3.8) is 0 Å². The highest BCUT2D eigenvalue weighted by Crippen LogP contribution is 2.24. The van der Waals surface area contributed by atoms with Crippen molar-refractivity contribution in [1.82, 2.24) is 14.9 Å². The Morgan fingerprint density at radius 2 is 2.17 bits per heavy atom. The van der Waals surface area contributed by atoms with E-state index in [2.05, 4.69) is 15.3 Å². The van der Waals surface area contributed by atoms with Crippen LogP contribution in [0.3, 0.4) is 0 Å². The Labute approximate surface area is 108 Å². The van der Waals surface area contributed by atoms with Crippen molar-refractivity contribution < 1.29 is 4.79 Å². The molecule has 0 aliphatic heterocycles. The summed E-state index contributed by atoms with van der Waals surface area (Å²) in [6, 6.07) is 0.377. The van der Waals surface area contributed by atoms with Gasteiger partial charge < -0.3 is 10.2 Å². The van der Waals surface area contributed by atoms with E-state index in [9.17, 15) is 4.79 Å². The van der Waals surface area contributed by atoms with Crippen LogP contribution in [-0.2, 0) is 0 Å². The number of carbonyl (C=O) groups is 1. The van der Waals surface area contributed by atoms with E-state index in [0.717, 1.165) is 19.4 Å². The number of amides is 1. The molecule has 0 aromatic carbocycles. The van der Waals surface area contributed by atoms with E-state index in [4.69, 9.17) is 0 Å². The Kier molecular flexibility index (Phi) is 4.12. The van der Waals surface area contributed by atoms with Gasteiger partial charge in [-0.05, 0) is 19.8 Å². The van der Waals surface area contributed by atoms with Crippen LogP contribution in [0.25, 0.3) is 0 Å². The van der Waals surface area contributed by atoms with Gasteiger partial charge in [0.2, 0.25) is 0 Å². The molecule has 0 atom stereocenters. The summed E-state index contributed by atoms with van der Waals surface area (Å²) in [6.45, 7) is 2.75. The van der Waals surface area contributed by atoms with E-state index in [-0.39, 0.29) is 5.91 Å². The summed E-state index contributed by atoms with van der Waals surface area (Å²) >= 11 is 0. The normalized spacial score (nSPS) is 15.7. The Hall–Kier alpha value is -1.65. The minimum atomic E-state index is -0.00556. The largest absolute Gasteiger partial charge is 0.372 e. The highest BCUT2D eigenvalue weighted by molar-refractivity contribution is 5.92. The second-order valence-electron chi connectivity index (χ2n) is 4.57. The van der Waals surface area contributed by atoms with Crippen LogP contribution < -0.4 is 5.32 Å². The number of rotatable bonds is 4. The highest BCUT2D eigenvalue weighted by Gasteiger charge is 2.27. The molecule has 1 aromatic rings. The maximum atomic E-state index is 12.4. The summed E-state index contributed by atoms with van der Waals surface area (Å²) in [5, 5.41) is 2.90. The van der Waals surface area contributed by atoms with Crippen LogP contribution in [0.4, 0.5) is 5.82 Å². The minimum absolute atomic E-state index is 0.00556. The third-order valence-corrected chi connectivity index (χ3v) is 3.48. The van der Waals surface area contributed by atoms with Crippen LogP contribution in [0.1, 0.15) is 43.1 Å². The quantitative estimate of drug-likeness (QED) is 0.884. The van der Waals surface area contributed by atoms with E-state index in [1.54, 1.807) is 19.4 Å². The number of aromatic nitrogens is 2. The van der Waals surface area contributed by atoms with Gasteiger partial charge in [0.05, 0.1) is 12.4 Å². The number of anilines is 1. The van der Waals surface area contributed by atoms with Gasteiger partial charge in [0.15, 0.2) is 0 Å². The molecular weight excluding hydrogens is 228 g/mol. The van der Waals surface area contributed by atoms with E-state index < -0.39 is 0 Å². The summed E-state index contributed by atoms with van der Waals surface area (Å²) in [6.07, 6.45) is 7.81. The van der Waals surface area contributed by atoms with Crippen LogP contribution in [0.2, 0.25) is 0 Å². The van der Waals surface area contributed by atoms with Gasteiger partial charge in [-0.3, -0.25) is 9.78 Å². The van der Waals surface area contributed by atoms with Crippen molar-refractivity contribution in [3.05, 3.63) is 18.1 Å². The first-order chi connectivity index (χ1) is 8.76. The lowest BCUT2D eigenvalue weighted by Gasteiger charge is -2.27. The lowest BCUT2D eigenvalue weighted by molar-refractivity contribution is 0.0687. The zero-order valence-corrected chi connectivity index (χ0v) is 11.0. The Morgan fingerprint density at radius 3 is 2.78 bits per heavy atom. The topological polar surface area (TPSA) is 58.1 Å². The number of nitrogens with one attached hydrogen (secondary N) is 1. The third kappa shape index (κ3) is 2.60. The molecule has 1 aliphatic carbocycles. The molecule has 0 radical (unpaired) electrons. The van der Waals surface area contributed by atoms with Crippen molar-refractivity contribution in [1.29, 1.82) is 0 Å². The maximum Gasteiger partial charge on any atom is 0.274 e. The van der Waals surface area contributed by atoms with Crippen LogP contribution in [-0.4, -0.2) is 40.4 Å². The van der Waals surface area contributed by atoms with Gasteiger partial charge >= 0.3 is 0 Å². The third-order valence-electron chi connectivity index (χ3n) is 3.48. The molecule has 18 heavy (non-hydrogen) atoms. The second-order valence-corrected chi connectivity index (χ2v) is 4.57. The van der Waals surface area contributed by atoms with E-state index in [0.29, 0.717) is 17.6 Å². The summed E-state index contributed by atoms with van der Waals surface area (Å²) in [5.41, 5.74) is 0.426. The molecule has 0 bridgehead atoms. The van der Waals surface area contributed by atoms with Gasteiger partial charge in [-0.1, -0.05) is 12.8 Å². The van der Waals surface area contributed by atoms with E-state index in [1.807, 2.05) is 11.8 Å². The van der Waals surface area contributed by atoms with Crippen LogP contribution in [0.5, 0.6) is 0 Å². The van der Waals surface area contributed by atoms with Gasteiger partial charge in [-0.15, -0.1) is 0 Å². The zero-order chi connectivity index (χ0) is 13.0. The molecule has 0 saturated heterocycles. The molecule has 1 N–H and O–H groups in total. The number of carbonyl (C=O) groups excluding carboxylic acids is 1. The molecule has 98 valence electrons. The average Bonchev–Trinajstić information content (AvgIpc) is 2.93. The molecule has 1 aliphatic rings. The smallest absolute Gasteiger partial charge is 0.274 e. The van der Waals surface area contributed by atoms with E-state index in [1.165, 1.54) is 12.8 Å². The van der Waals surface area contributed by atoms with Crippen LogP contribution in [0.15, 0.2) is 12.4 Å². The fourth-order valence-corrected chi connectivity index (χ4v) is 2.52.